The number of hydrogen-bond acceptors (Lipinski definition) is 6. The van der Waals surface area contributed by atoms with Crippen LogP contribution in [0.5, 0.6) is 0 Å². The van der Waals surface area contributed by atoms with Crippen LogP contribution in [-0.2, 0) is 9.53 Å². The first kappa shape index (κ1) is 15.2. The van der Waals surface area contributed by atoms with E-state index in [1.165, 1.54) is 0 Å². The number of aromatic amines is 1. The predicted molar refractivity (Wildman–Crippen MR) is 69.6 cm³/mol. The number of carboxylic acid groups (broad SMARTS) is 1. The van der Waals surface area contributed by atoms with E-state index in [-0.39, 0.29) is 18.8 Å². The topological polar surface area (TPSA) is 142 Å². The van der Waals surface area contributed by atoms with E-state index in [9.17, 15) is 19.5 Å². The Kier molecular flexibility index (Phi) is 4.36. The van der Waals surface area contributed by atoms with Crippen molar-refractivity contribution < 1.29 is 24.9 Å². The quantitative estimate of drug-likeness (QED) is 0.477. The monoisotopic (exact) mass is 298 g/mol. The second-order valence-electron chi connectivity index (χ2n) is 4.58. The molecule has 0 radical (unpaired) electrons. The second-order valence-corrected chi connectivity index (χ2v) is 4.58. The molecule has 1 aliphatic rings. The molecule has 1 fully saturated rings. The number of hydrogen-bond donors (Lipinski definition) is 4. The third kappa shape index (κ3) is 3.10. The molecule has 0 aromatic carbocycles. The van der Waals surface area contributed by atoms with Crippen LogP contribution in [0.25, 0.3) is 6.08 Å². The molecular formula is C12H14N2O7. The summed E-state index contributed by atoms with van der Waals surface area (Å²) in [7, 11) is 0. The van der Waals surface area contributed by atoms with Crippen molar-refractivity contribution in [2.45, 2.75) is 12.3 Å². The molecule has 1 aromatic heterocycles. The average molecular weight is 298 g/mol. The molecule has 0 aliphatic carbocycles. The largest absolute Gasteiger partial charge is 0.478 e. The average Bonchev–Trinajstić information content (AvgIpc) is 2.78. The molecular weight excluding hydrogens is 284 g/mol. The lowest BCUT2D eigenvalue weighted by Gasteiger charge is -2.18. The number of carboxylic acids is 1. The smallest absolute Gasteiger partial charge is 0.330 e. The Hall–Kier alpha value is -2.23. The van der Waals surface area contributed by atoms with Crippen molar-refractivity contribution in [3.8, 4) is 0 Å². The van der Waals surface area contributed by atoms with Crippen molar-refractivity contribution >= 4 is 12.0 Å². The van der Waals surface area contributed by atoms with Crippen molar-refractivity contribution in [1.82, 2.24) is 9.55 Å². The van der Waals surface area contributed by atoms with Gasteiger partial charge in [0.1, 0.15) is 6.10 Å². The number of aliphatic hydroxyl groups excluding tert-OH is 2. The summed E-state index contributed by atoms with van der Waals surface area (Å²) in [4.78, 5) is 35.8. The van der Waals surface area contributed by atoms with Crippen molar-refractivity contribution in [3.05, 3.63) is 38.7 Å². The normalized spacial score (nSPS) is 25.5. The fraction of sp³-hybridized carbons (Fsp3) is 0.417. The minimum atomic E-state index is -1.25. The van der Waals surface area contributed by atoms with E-state index in [2.05, 4.69) is 0 Å². The highest BCUT2D eigenvalue weighted by molar-refractivity contribution is 5.85. The Morgan fingerprint density at radius 2 is 2.24 bits per heavy atom. The number of nitrogens with zero attached hydrogens (tertiary/aromatic N) is 1. The van der Waals surface area contributed by atoms with Crippen molar-refractivity contribution in [2.75, 3.05) is 13.2 Å². The Morgan fingerprint density at radius 1 is 1.52 bits per heavy atom. The summed E-state index contributed by atoms with van der Waals surface area (Å²) < 4.78 is 6.21. The summed E-state index contributed by atoms with van der Waals surface area (Å²) in [5.41, 5.74) is -1.62. The summed E-state index contributed by atoms with van der Waals surface area (Å²) in [5, 5.41) is 27.6. The van der Waals surface area contributed by atoms with Gasteiger partial charge in [0, 0.05) is 18.2 Å². The van der Waals surface area contributed by atoms with Crippen LogP contribution in [0.1, 0.15) is 11.8 Å². The maximum atomic E-state index is 11.8. The number of aromatic nitrogens is 2. The Balaban J connectivity index is 2.41. The molecule has 2 heterocycles. The van der Waals surface area contributed by atoms with Crippen LogP contribution in [0.3, 0.4) is 0 Å². The van der Waals surface area contributed by atoms with E-state index in [1.54, 1.807) is 0 Å². The van der Waals surface area contributed by atoms with Crippen LogP contribution in [0.15, 0.2) is 21.9 Å². The third-order valence-corrected chi connectivity index (χ3v) is 3.17. The van der Waals surface area contributed by atoms with Gasteiger partial charge >= 0.3 is 11.7 Å². The molecule has 4 N–H and O–H groups in total. The van der Waals surface area contributed by atoms with Crippen LogP contribution >= 0.6 is 0 Å². The van der Waals surface area contributed by atoms with Crippen molar-refractivity contribution in [2.24, 2.45) is 5.92 Å². The van der Waals surface area contributed by atoms with Gasteiger partial charge in [0.05, 0.1) is 18.8 Å². The molecule has 0 spiro atoms. The van der Waals surface area contributed by atoms with Crippen LogP contribution < -0.4 is 11.2 Å². The molecule has 1 aliphatic heterocycles. The summed E-state index contributed by atoms with van der Waals surface area (Å²) in [6.45, 7) is -0.240. The van der Waals surface area contributed by atoms with Crippen molar-refractivity contribution in [3.63, 3.8) is 0 Å². The number of rotatable bonds is 4. The van der Waals surface area contributed by atoms with Gasteiger partial charge < -0.3 is 20.1 Å². The highest BCUT2D eigenvalue weighted by atomic mass is 16.5. The van der Waals surface area contributed by atoms with Gasteiger partial charge in [-0.05, 0) is 6.08 Å². The zero-order valence-electron chi connectivity index (χ0n) is 10.8. The molecule has 0 saturated carbocycles. The van der Waals surface area contributed by atoms with Crippen LogP contribution in [0.4, 0.5) is 0 Å². The van der Waals surface area contributed by atoms with E-state index in [4.69, 9.17) is 14.9 Å². The summed E-state index contributed by atoms with van der Waals surface area (Å²) in [5.74, 6) is -1.78. The standard InChI is InChI=1S/C12H14N2O7/c15-4-7-5-21-11(9(7)18)14-3-6(1-2-8(16)17)10(19)13-12(14)20/h1-3,7,9,11,15,18H,4-5H2,(H,16,17)(H,13,19,20)/b2-1-. The highest BCUT2D eigenvalue weighted by Crippen LogP contribution is 2.27. The number of aliphatic hydroxyl groups is 2. The van der Waals surface area contributed by atoms with Crippen molar-refractivity contribution in [1.29, 1.82) is 0 Å². The summed E-state index contributed by atoms with van der Waals surface area (Å²) in [6, 6.07) is 0. The molecule has 3 unspecified atom stereocenters. The molecule has 0 bridgehead atoms. The Morgan fingerprint density at radius 3 is 2.81 bits per heavy atom. The fourth-order valence-corrected chi connectivity index (χ4v) is 2.03. The van der Waals surface area contributed by atoms with E-state index in [0.29, 0.717) is 0 Å². The lowest BCUT2D eigenvalue weighted by Crippen LogP contribution is -2.37. The Bertz CT molecular complexity index is 675. The highest BCUT2D eigenvalue weighted by Gasteiger charge is 2.37. The van der Waals surface area contributed by atoms with Gasteiger partial charge in [-0.2, -0.15) is 0 Å². The zero-order valence-corrected chi connectivity index (χ0v) is 10.8. The fourth-order valence-electron chi connectivity index (χ4n) is 2.03. The predicted octanol–water partition coefficient (Wildman–Crippen LogP) is -1.87. The summed E-state index contributed by atoms with van der Waals surface area (Å²) >= 11 is 0. The number of aliphatic carboxylic acids is 1. The molecule has 3 atom stereocenters. The van der Waals surface area contributed by atoms with E-state index >= 15 is 0 Å². The third-order valence-electron chi connectivity index (χ3n) is 3.17. The zero-order chi connectivity index (χ0) is 15.6. The molecule has 1 aromatic rings. The molecule has 2 rings (SSSR count). The van der Waals surface area contributed by atoms with E-state index in [1.807, 2.05) is 4.98 Å². The van der Waals surface area contributed by atoms with Crippen LogP contribution in [0.2, 0.25) is 0 Å². The van der Waals surface area contributed by atoms with Crippen LogP contribution in [0, 0.1) is 5.92 Å². The van der Waals surface area contributed by atoms with E-state index < -0.39 is 35.5 Å². The number of nitrogens with one attached hydrogen (secondary N) is 1. The molecule has 1 saturated heterocycles. The van der Waals surface area contributed by atoms with E-state index in [0.717, 1.165) is 22.9 Å². The van der Waals surface area contributed by atoms with Gasteiger partial charge in [-0.3, -0.25) is 14.3 Å². The van der Waals surface area contributed by atoms with Gasteiger partial charge in [-0.15, -0.1) is 0 Å². The molecule has 21 heavy (non-hydrogen) atoms. The number of ether oxygens (including phenoxy) is 1. The first-order valence-corrected chi connectivity index (χ1v) is 6.11. The molecule has 0 amide bonds. The molecule has 9 heteroatoms. The molecule has 114 valence electrons. The number of carbonyl (C=O) groups is 1. The first-order chi connectivity index (χ1) is 9.93. The Labute approximate surface area is 117 Å². The number of H-pyrrole nitrogens is 1. The maximum Gasteiger partial charge on any atom is 0.330 e. The minimum Gasteiger partial charge on any atom is -0.478 e. The van der Waals surface area contributed by atoms with Gasteiger partial charge in [-0.1, -0.05) is 0 Å². The van der Waals surface area contributed by atoms with Gasteiger partial charge in [0.15, 0.2) is 6.23 Å². The van der Waals surface area contributed by atoms with Gasteiger partial charge in [-0.25, -0.2) is 9.59 Å². The van der Waals surface area contributed by atoms with Gasteiger partial charge in [0.2, 0.25) is 0 Å². The lowest BCUT2D eigenvalue weighted by molar-refractivity contribution is -0.131. The molecule has 9 nitrogen and oxygen atoms in total. The SMILES string of the molecule is O=C(O)/C=C\c1cn(C2OCC(CO)C2O)c(=O)[nH]c1=O. The summed E-state index contributed by atoms with van der Waals surface area (Å²) in [6.07, 6.45) is 0.719. The minimum absolute atomic E-state index is 0.0637. The lowest BCUT2D eigenvalue weighted by atomic mass is 10.1. The first-order valence-electron chi connectivity index (χ1n) is 6.11. The maximum absolute atomic E-state index is 11.8. The second kappa shape index (κ2) is 6.04. The van der Waals surface area contributed by atoms with Crippen LogP contribution in [-0.4, -0.2) is 50.2 Å². The van der Waals surface area contributed by atoms with Gasteiger partial charge in [0.25, 0.3) is 5.56 Å².